The lowest BCUT2D eigenvalue weighted by molar-refractivity contribution is 0.477. The molecule has 51 heavy (non-hydrogen) atoms. The number of pyridine rings is 2. The van der Waals surface area contributed by atoms with Gasteiger partial charge in [-0.25, -0.2) is 4.98 Å². The van der Waals surface area contributed by atoms with Crippen molar-refractivity contribution < 1.29 is 5.11 Å². The molecule has 6 rings (SSSR count). The Bertz CT molecular complexity index is 2130. The van der Waals surface area contributed by atoms with E-state index in [0.717, 1.165) is 39.3 Å². The van der Waals surface area contributed by atoms with Gasteiger partial charge in [-0.05, 0) is 110 Å². The molecular weight excluding hydrogens is 621 g/mol. The number of aromatic hydroxyl groups is 1. The second kappa shape index (κ2) is 13.9. The van der Waals surface area contributed by atoms with Crippen LogP contribution in [-0.2, 0) is 10.8 Å². The van der Waals surface area contributed by atoms with Crippen molar-refractivity contribution in [2.24, 2.45) is 0 Å². The molecule has 0 radical (unpaired) electrons. The molecule has 3 nitrogen and oxygen atoms in total. The zero-order valence-corrected chi connectivity index (χ0v) is 32.0. The van der Waals surface area contributed by atoms with E-state index in [9.17, 15) is 5.11 Å². The van der Waals surface area contributed by atoms with E-state index >= 15 is 0 Å². The van der Waals surface area contributed by atoms with Gasteiger partial charge in [0.2, 0.25) is 0 Å². The average molecular weight is 673 g/mol. The molecule has 0 fully saturated rings. The molecule has 0 spiro atoms. The highest BCUT2D eigenvalue weighted by Gasteiger charge is 2.22. The van der Waals surface area contributed by atoms with Crippen LogP contribution in [0.4, 0.5) is 0 Å². The van der Waals surface area contributed by atoms with Crippen LogP contribution in [0.15, 0.2) is 115 Å². The number of para-hydroxylation sites is 1. The first-order chi connectivity index (χ1) is 24.1. The predicted molar refractivity (Wildman–Crippen MR) is 216 cm³/mol. The summed E-state index contributed by atoms with van der Waals surface area (Å²) in [6.07, 6.45) is 1.93. The van der Waals surface area contributed by atoms with Crippen LogP contribution in [0.1, 0.15) is 103 Å². The summed E-state index contributed by atoms with van der Waals surface area (Å²) in [6.45, 7) is 22.7. The molecule has 1 N–H and O–H groups in total. The summed E-state index contributed by atoms with van der Waals surface area (Å²) in [5.74, 6) is 1.02. The Labute approximate surface area is 305 Å². The highest BCUT2D eigenvalue weighted by Crippen LogP contribution is 2.40. The Hall–Kier alpha value is -5.02. The molecule has 2 aromatic heterocycles. The van der Waals surface area contributed by atoms with E-state index in [4.69, 9.17) is 9.97 Å². The lowest BCUT2D eigenvalue weighted by Crippen LogP contribution is -2.16. The van der Waals surface area contributed by atoms with Gasteiger partial charge in [0.05, 0.1) is 17.1 Å². The van der Waals surface area contributed by atoms with Gasteiger partial charge in [0.15, 0.2) is 0 Å². The molecule has 0 aliphatic heterocycles. The molecule has 260 valence electrons. The van der Waals surface area contributed by atoms with Gasteiger partial charge in [0.1, 0.15) is 5.75 Å². The van der Waals surface area contributed by atoms with Crippen molar-refractivity contribution in [2.75, 3.05) is 0 Å². The van der Waals surface area contributed by atoms with Gasteiger partial charge in [-0.2, -0.15) is 0 Å². The van der Waals surface area contributed by atoms with Gasteiger partial charge in [0, 0.05) is 22.9 Å². The summed E-state index contributed by atoms with van der Waals surface area (Å²) >= 11 is 0. The van der Waals surface area contributed by atoms with E-state index in [1.54, 1.807) is 6.07 Å². The molecule has 0 bridgehead atoms. The first-order valence-corrected chi connectivity index (χ1v) is 18.3. The molecule has 0 aliphatic carbocycles. The Morgan fingerprint density at radius 1 is 0.490 bits per heavy atom. The number of benzene rings is 4. The molecule has 0 saturated carbocycles. The van der Waals surface area contributed by atoms with Gasteiger partial charge in [-0.15, -0.1) is 0 Å². The lowest BCUT2D eigenvalue weighted by Gasteiger charge is -2.26. The van der Waals surface area contributed by atoms with Gasteiger partial charge < -0.3 is 5.11 Å². The summed E-state index contributed by atoms with van der Waals surface area (Å²) in [5, 5.41) is 11.0. The number of hydrogen-bond acceptors (Lipinski definition) is 3. The molecule has 0 saturated heterocycles. The maximum absolute atomic E-state index is 11.0. The van der Waals surface area contributed by atoms with Crippen molar-refractivity contribution in [3.05, 3.63) is 138 Å². The molecule has 4 aromatic carbocycles. The van der Waals surface area contributed by atoms with E-state index in [0.29, 0.717) is 17.4 Å². The summed E-state index contributed by atoms with van der Waals surface area (Å²) in [4.78, 5) is 10.1. The molecule has 2 heterocycles. The molecule has 0 atom stereocenters. The van der Waals surface area contributed by atoms with E-state index in [2.05, 4.69) is 154 Å². The molecular formula is C48H52N2O. The summed E-state index contributed by atoms with van der Waals surface area (Å²) in [7, 11) is 0. The van der Waals surface area contributed by atoms with Crippen molar-refractivity contribution in [1.82, 2.24) is 9.97 Å². The third-order valence-electron chi connectivity index (χ3n) is 9.88. The molecule has 0 amide bonds. The van der Waals surface area contributed by atoms with Crippen molar-refractivity contribution >= 4 is 0 Å². The molecule has 6 aromatic rings. The van der Waals surface area contributed by atoms with Gasteiger partial charge in [0.25, 0.3) is 0 Å². The second-order valence-electron chi connectivity index (χ2n) is 16.6. The number of nitrogens with zero attached hydrogens (tertiary/aromatic N) is 2. The van der Waals surface area contributed by atoms with E-state index in [-0.39, 0.29) is 16.6 Å². The normalized spacial score (nSPS) is 12.2. The standard InChI is InChI=1S/C48H52N2O/c1-30(2)39-18-14-19-40(31(3)4)46(39)34-21-22-49-42(26-34)32-15-13-16-33(23-32)43-27-36(28-44(50-43)41-17-11-12-20-45(41)51)35-24-37(47(5,6)7)29-38(25-35)48(8,9)10/h11-31,51H,1-10H3. The first-order valence-electron chi connectivity index (χ1n) is 18.3. The number of hydrogen-bond donors (Lipinski definition) is 1. The van der Waals surface area contributed by atoms with Crippen molar-refractivity contribution in [1.29, 1.82) is 0 Å². The Morgan fingerprint density at radius 2 is 1.02 bits per heavy atom. The highest BCUT2D eigenvalue weighted by atomic mass is 16.3. The quantitative estimate of drug-likeness (QED) is 0.184. The fraction of sp³-hybridized carbons (Fsp3) is 0.292. The van der Waals surface area contributed by atoms with Crippen LogP contribution in [0.3, 0.4) is 0 Å². The Kier molecular flexibility index (Phi) is 9.79. The third kappa shape index (κ3) is 7.69. The fourth-order valence-electron chi connectivity index (χ4n) is 6.80. The lowest BCUT2D eigenvalue weighted by atomic mass is 9.79. The highest BCUT2D eigenvalue weighted by molar-refractivity contribution is 5.81. The zero-order chi connectivity index (χ0) is 36.7. The van der Waals surface area contributed by atoms with Crippen LogP contribution in [0, 0.1) is 0 Å². The molecule has 0 unspecified atom stereocenters. The van der Waals surface area contributed by atoms with Crippen molar-refractivity contribution in [2.45, 2.75) is 91.9 Å². The van der Waals surface area contributed by atoms with Crippen LogP contribution >= 0.6 is 0 Å². The minimum absolute atomic E-state index is 0.0200. The van der Waals surface area contributed by atoms with Crippen LogP contribution in [0.25, 0.3) is 56.0 Å². The number of aromatic nitrogens is 2. The monoisotopic (exact) mass is 672 g/mol. The van der Waals surface area contributed by atoms with Gasteiger partial charge in [-0.1, -0.05) is 136 Å². The third-order valence-corrected chi connectivity index (χ3v) is 9.88. The minimum Gasteiger partial charge on any atom is -0.507 e. The van der Waals surface area contributed by atoms with Crippen LogP contribution in [0.5, 0.6) is 5.75 Å². The van der Waals surface area contributed by atoms with Gasteiger partial charge >= 0.3 is 0 Å². The number of rotatable bonds is 7. The molecule has 3 heteroatoms. The van der Waals surface area contributed by atoms with Crippen LogP contribution in [-0.4, -0.2) is 15.1 Å². The maximum atomic E-state index is 11.0. The van der Waals surface area contributed by atoms with E-state index in [1.165, 1.54) is 33.4 Å². The molecule has 0 aliphatic rings. The second-order valence-corrected chi connectivity index (χ2v) is 16.6. The summed E-state index contributed by atoms with van der Waals surface area (Å²) in [6, 6.07) is 38.3. The SMILES string of the molecule is CC(C)c1cccc(C(C)C)c1-c1ccnc(-c2cccc(-c3cc(-c4cc(C(C)(C)C)cc(C(C)(C)C)c4)cc(-c4ccccc4O)n3)c2)c1. The minimum atomic E-state index is -0.0200. The average Bonchev–Trinajstić information content (AvgIpc) is 3.10. The summed E-state index contributed by atoms with van der Waals surface area (Å²) < 4.78 is 0. The maximum Gasteiger partial charge on any atom is 0.124 e. The zero-order valence-electron chi connectivity index (χ0n) is 32.0. The van der Waals surface area contributed by atoms with Crippen molar-refractivity contribution in [3.63, 3.8) is 0 Å². The van der Waals surface area contributed by atoms with Gasteiger partial charge in [-0.3, -0.25) is 4.98 Å². The number of phenols is 1. The van der Waals surface area contributed by atoms with E-state index < -0.39 is 0 Å². The van der Waals surface area contributed by atoms with Crippen LogP contribution < -0.4 is 0 Å². The first kappa shape index (κ1) is 35.8. The van der Waals surface area contributed by atoms with Crippen molar-refractivity contribution in [3.8, 4) is 61.8 Å². The predicted octanol–water partition coefficient (Wildman–Crippen LogP) is 13.4. The Balaban J connectivity index is 1.52. The largest absolute Gasteiger partial charge is 0.507 e. The Morgan fingerprint density at radius 3 is 1.61 bits per heavy atom. The number of phenolic OH excluding ortho intramolecular Hbond substituents is 1. The summed E-state index contributed by atoms with van der Waals surface area (Å²) in [5.41, 5.74) is 15.2. The van der Waals surface area contributed by atoms with E-state index in [1.807, 2.05) is 24.4 Å². The van der Waals surface area contributed by atoms with Crippen LogP contribution in [0.2, 0.25) is 0 Å². The topological polar surface area (TPSA) is 46.0 Å². The fourth-order valence-corrected chi connectivity index (χ4v) is 6.80. The smallest absolute Gasteiger partial charge is 0.124 e.